The number of nitrogens with one attached hydrogen (secondary N) is 1. The van der Waals surface area contributed by atoms with Crippen LogP contribution in [0.2, 0.25) is 0 Å². The maximum atomic E-state index is 14.3. The number of nitrogens with zero attached hydrogens (tertiary/aromatic N) is 1. The lowest BCUT2D eigenvalue weighted by molar-refractivity contribution is -0.125. The molecule has 2 amide bonds. The van der Waals surface area contributed by atoms with E-state index in [1.807, 2.05) is 0 Å². The molecule has 0 radical (unpaired) electrons. The normalized spacial score (nSPS) is 26.8. The Morgan fingerprint density at radius 2 is 2.24 bits per heavy atom. The van der Waals surface area contributed by atoms with E-state index >= 15 is 0 Å². The average Bonchev–Trinajstić information content (AvgIpc) is 2.98. The molecule has 1 heterocycles. The maximum absolute atomic E-state index is 14.3. The average molecular weight is 351 g/mol. The summed E-state index contributed by atoms with van der Waals surface area (Å²) in [4.78, 5) is 25.6. The molecule has 1 aromatic carbocycles. The van der Waals surface area contributed by atoms with Crippen molar-refractivity contribution in [1.29, 1.82) is 0 Å². The summed E-state index contributed by atoms with van der Waals surface area (Å²) in [5.74, 6) is -1.66. The van der Waals surface area contributed by atoms with Gasteiger partial charge in [0.2, 0.25) is 5.91 Å². The Morgan fingerprint density at radius 3 is 2.88 bits per heavy atom. The van der Waals surface area contributed by atoms with Crippen LogP contribution in [0.15, 0.2) is 18.2 Å². The van der Waals surface area contributed by atoms with Gasteiger partial charge in [-0.05, 0) is 43.5 Å². The first-order valence-electron chi connectivity index (χ1n) is 8.36. The van der Waals surface area contributed by atoms with E-state index in [0.717, 1.165) is 0 Å². The number of ether oxygens (including phenoxy) is 1. The Bertz CT molecular complexity index is 669. The van der Waals surface area contributed by atoms with Crippen LogP contribution in [-0.4, -0.2) is 49.3 Å². The molecule has 7 nitrogen and oxygen atoms in total. The molecule has 25 heavy (non-hydrogen) atoms. The van der Waals surface area contributed by atoms with Gasteiger partial charge in [-0.25, -0.2) is 4.39 Å². The smallest absolute Gasteiger partial charge is 0.253 e. The van der Waals surface area contributed by atoms with Gasteiger partial charge in [0.1, 0.15) is 12.4 Å². The number of aliphatic hydroxyl groups is 1. The second-order valence-electron chi connectivity index (χ2n) is 6.48. The van der Waals surface area contributed by atoms with E-state index in [9.17, 15) is 19.1 Å². The quantitative estimate of drug-likeness (QED) is 0.732. The number of anilines is 2. The predicted octanol–water partition coefficient (Wildman–Crippen LogP) is 0.473. The SMILES string of the molecule is NCC1CC(C(=O)Nc2ccc(N3CCOCC3=O)cc2F)CC1O. The van der Waals surface area contributed by atoms with Crippen molar-refractivity contribution in [3.63, 3.8) is 0 Å². The third-order valence-corrected chi connectivity index (χ3v) is 4.84. The zero-order valence-electron chi connectivity index (χ0n) is 13.8. The number of hydrogen-bond acceptors (Lipinski definition) is 5. The fourth-order valence-electron chi connectivity index (χ4n) is 3.37. The van der Waals surface area contributed by atoms with Gasteiger partial charge in [0, 0.05) is 18.2 Å². The van der Waals surface area contributed by atoms with Gasteiger partial charge in [-0.3, -0.25) is 9.59 Å². The van der Waals surface area contributed by atoms with Gasteiger partial charge in [-0.2, -0.15) is 0 Å². The zero-order chi connectivity index (χ0) is 18.0. The Hall–Kier alpha value is -2.03. The Kier molecular flexibility index (Phi) is 5.31. The first-order valence-corrected chi connectivity index (χ1v) is 8.36. The number of morpholine rings is 1. The van der Waals surface area contributed by atoms with Crippen molar-refractivity contribution < 1.29 is 23.8 Å². The molecule has 0 aromatic heterocycles. The summed E-state index contributed by atoms with van der Waals surface area (Å²) in [5.41, 5.74) is 6.06. The lowest BCUT2D eigenvalue weighted by atomic mass is 10.0. The van der Waals surface area contributed by atoms with E-state index in [1.54, 1.807) is 6.07 Å². The molecule has 1 saturated carbocycles. The summed E-state index contributed by atoms with van der Waals surface area (Å²) in [7, 11) is 0. The molecule has 136 valence electrons. The number of hydrogen-bond donors (Lipinski definition) is 3. The highest BCUT2D eigenvalue weighted by molar-refractivity contribution is 5.96. The van der Waals surface area contributed by atoms with Gasteiger partial charge in [-0.1, -0.05) is 0 Å². The van der Waals surface area contributed by atoms with E-state index in [-0.39, 0.29) is 35.9 Å². The molecule has 4 N–H and O–H groups in total. The van der Waals surface area contributed by atoms with Crippen LogP contribution < -0.4 is 16.0 Å². The molecule has 0 bridgehead atoms. The van der Waals surface area contributed by atoms with Gasteiger partial charge in [0.05, 0.1) is 18.4 Å². The number of benzene rings is 1. The second kappa shape index (κ2) is 7.47. The van der Waals surface area contributed by atoms with Crippen molar-refractivity contribution in [2.45, 2.75) is 18.9 Å². The molecule has 0 spiro atoms. The van der Waals surface area contributed by atoms with Crippen LogP contribution >= 0.6 is 0 Å². The van der Waals surface area contributed by atoms with Gasteiger partial charge in [-0.15, -0.1) is 0 Å². The first kappa shape index (κ1) is 17.8. The second-order valence-corrected chi connectivity index (χ2v) is 6.48. The molecule has 1 aliphatic carbocycles. The minimum atomic E-state index is -0.612. The number of carbonyl (C=O) groups excluding carboxylic acids is 2. The fraction of sp³-hybridized carbons (Fsp3) is 0.529. The summed E-state index contributed by atoms with van der Waals surface area (Å²) in [6, 6.07) is 4.26. The van der Waals surface area contributed by atoms with E-state index in [2.05, 4.69) is 5.32 Å². The summed E-state index contributed by atoms with van der Waals surface area (Å²) < 4.78 is 19.4. The predicted molar refractivity (Wildman–Crippen MR) is 89.5 cm³/mol. The number of halogens is 1. The molecule has 8 heteroatoms. The highest BCUT2D eigenvalue weighted by atomic mass is 19.1. The van der Waals surface area contributed by atoms with Crippen molar-refractivity contribution in [3.05, 3.63) is 24.0 Å². The lowest BCUT2D eigenvalue weighted by Gasteiger charge is -2.27. The summed E-state index contributed by atoms with van der Waals surface area (Å²) in [6.45, 7) is 1.07. The summed E-state index contributed by atoms with van der Waals surface area (Å²) in [6.07, 6.45) is 0.224. The first-order chi connectivity index (χ1) is 12.0. The molecule has 1 aliphatic heterocycles. The molecular formula is C17H22FN3O4. The Morgan fingerprint density at radius 1 is 1.44 bits per heavy atom. The van der Waals surface area contributed by atoms with Crippen LogP contribution in [0.25, 0.3) is 0 Å². The molecule has 3 unspecified atom stereocenters. The third kappa shape index (κ3) is 3.81. The van der Waals surface area contributed by atoms with E-state index in [0.29, 0.717) is 38.2 Å². The largest absolute Gasteiger partial charge is 0.393 e. The number of rotatable bonds is 4. The molecule has 1 saturated heterocycles. The Labute approximate surface area is 144 Å². The van der Waals surface area contributed by atoms with Crippen LogP contribution in [0.1, 0.15) is 12.8 Å². The monoisotopic (exact) mass is 351 g/mol. The fourth-order valence-corrected chi connectivity index (χ4v) is 3.37. The number of amides is 2. The van der Waals surface area contributed by atoms with Crippen LogP contribution in [0, 0.1) is 17.7 Å². The third-order valence-electron chi connectivity index (χ3n) is 4.84. The van der Waals surface area contributed by atoms with Gasteiger partial charge in [0.25, 0.3) is 5.91 Å². The van der Waals surface area contributed by atoms with E-state index in [4.69, 9.17) is 10.5 Å². The molecule has 2 aliphatic rings. The van der Waals surface area contributed by atoms with Crippen molar-refractivity contribution in [1.82, 2.24) is 0 Å². The molecule has 2 fully saturated rings. The summed E-state index contributed by atoms with van der Waals surface area (Å²) in [5, 5.41) is 12.4. The van der Waals surface area contributed by atoms with Crippen LogP contribution in [0.3, 0.4) is 0 Å². The minimum absolute atomic E-state index is 0.0214. The van der Waals surface area contributed by atoms with Crippen molar-refractivity contribution >= 4 is 23.2 Å². The Balaban J connectivity index is 1.67. The molecule has 3 atom stereocenters. The zero-order valence-corrected chi connectivity index (χ0v) is 13.8. The van der Waals surface area contributed by atoms with E-state index < -0.39 is 11.9 Å². The molecule has 3 rings (SSSR count). The number of nitrogens with two attached hydrogens (primary N) is 1. The highest BCUT2D eigenvalue weighted by Crippen LogP contribution is 2.32. The van der Waals surface area contributed by atoms with Gasteiger partial charge >= 0.3 is 0 Å². The van der Waals surface area contributed by atoms with Crippen molar-refractivity contribution in [2.24, 2.45) is 17.6 Å². The number of aliphatic hydroxyl groups excluding tert-OH is 1. The minimum Gasteiger partial charge on any atom is -0.393 e. The highest BCUT2D eigenvalue weighted by Gasteiger charge is 2.36. The molecular weight excluding hydrogens is 329 g/mol. The van der Waals surface area contributed by atoms with Crippen LogP contribution in [0.4, 0.5) is 15.8 Å². The van der Waals surface area contributed by atoms with Crippen molar-refractivity contribution in [2.75, 3.05) is 36.5 Å². The van der Waals surface area contributed by atoms with Crippen molar-refractivity contribution in [3.8, 4) is 0 Å². The lowest BCUT2D eigenvalue weighted by Crippen LogP contribution is -2.41. The molecule has 1 aromatic rings. The number of carbonyl (C=O) groups is 2. The van der Waals surface area contributed by atoms with Crippen LogP contribution in [0.5, 0.6) is 0 Å². The van der Waals surface area contributed by atoms with Crippen LogP contribution in [-0.2, 0) is 14.3 Å². The maximum Gasteiger partial charge on any atom is 0.253 e. The van der Waals surface area contributed by atoms with Gasteiger partial charge < -0.3 is 25.8 Å². The van der Waals surface area contributed by atoms with E-state index in [1.165, 1.54) is 17.0 Å². The topological polar surface area (TPSA) is 105 Å². The summed E-state index contributed by atoms with van der Waals surface area (Å²) >= 11 is 0. The van der Waals surface area contributed by atoms with Gasteiger partial charge in [0.15, 0.2) is 0 Å². The standard InChI is InChI=1S/C17H22FN3O4/c18-13-7-12(21-3-4-25-9-16(21)23)1-2-14(13)20-17(24)10-5-11(8-19)15(22)6-10/h1-2,7,10-11,15,22H,3-6,8-9,19H2,(H,20,24).